The van der Waals surface area contributed by atoms with Crippen molar-refractivity contribution in [3.8, 4) is 0 Å². The van der Waals surface area contributed by atoms with Gasteiger partial charge in [-0.1, -0.05) is 20.8 Å². The van der Waals surface area contributed by atoms with Crippen molar-refractivity contribution in [3.05, 3.63) is 0 Å². The maximum Gasteiger partial charge on any atom is 0.404 e. The van der Waals surface area contributed by atoms with Crippen LogP contribution in [-0.4, -0.2) is 25.3 Å². The van der Waals surface area contributed by atoms with Crippen molar-refractivity contribution < 1.29 is 9.53 Å². The molecule has 0 aromatic heterocycles. The van der Waals surface area contributed by atoms with Crippen LogP contribution in [0.15, 0.2) is 0 Å². The number of piperidine rings is 1. The van der Waals surface area contributed by atoms with Gasteiger partial charge in [-0.3, -0.25) is 0 Å². The molecule has 4 nitrogen and oxygen atoms in total. The Balaban J connectivity index is 2.51. The minimum atomic E-state index is -0.658. The molecule has 1 aliphatic heterocycles. The number of nitrogens with two attached hydrogens (primary N) is 1. The molecule has 1 aliphatic rings. The molecule has 1 fully saturated rings. The van der Waals surface area contributed by atoms with E-state index in [0.717, 1.165) is 32.4 Å². The molecule has 0 spiro atoms. The van der Waals surface area contributed by atoms with Gasteiger partial charge in [0.25, 0.3) is 0 Å². The van der Waals surface area contributed by atoms with Gasteiger partial charge in [-0.15, -0.1) is 0 Å². The second-order valence-corrected chi connectivity index (χ2v) is 5.72. The van der Waals surface area contributed by atoms with Crippen LogP contribution in [0.5, 0.6) is 0 Å². The molecule has 1 atom stereocenters. The van der Waals surface area contributed by atoms with Crippen molar-refractivity contribution >= 4 is 6.09 Å². The number of rotatable bonds is 3. The number of amides is 1. The van der Waals surface area contributed by atoms with Crippen LogP contribution in [0.2, 0.25) is 0 Å². The lowest BCUT2D eigenvalue weighted by Gasteiger charge is -2.34. The first-order valence-electron chi connectivity index (χ1n) is 6.06. The Morgan fingerprint density at radius 1 is 1.44 bits per heavy atom. The van der Waals surface area contributed by atoms with Crippen LogP contribution >= 0.6 is 0 Å². The van der Waals surface area contributed by atoms with Gasteiger partial charge in [0.15, 0.2) is 0 Å². The van der Waals surface area contributed by atoms with E-state index in [-0.39, 0.29) is 11.5 Å². The van der Waals surface area contributed by atoms with E-state index >= 15 is 0 Å². The van der Waals surface area contributed by atoms with Crippen LogP contribution in [0.4, 0.5) is 4.79 Å². The van der Waals surface area contributed by atoms with Crippen molar-refractivity contribution in [2.24, 2.45) is 17.1 Å². The molecular weight excluding hydrogens is 204 g/mol. The summed E-state index contributed by atoms with van der Waals surface area (Å²) in [5.74, 6) is 0.643. The summed E-state index contributed by atoms with van der Waals surface area (Å²) in [6.45, 7) is 8.39. The Morgan fingerprint density at radius 2 is 2.00 bits per heavy atom. The lowest BCUT2D eigenvalue weighted by molar-refractivity contribution is 0.0174. The van der Waals surface area contributed by atoms with E-state index in [1.165, 1.54) is 0 Å². The van der Waals surface area contributed by atoms with E-state index in [1.807, 2.05) is 0 Å². The van der Waals surface area contributed by atoms with Crippen molar-refractivity contribution in [3.63, 3.8) is 0 Å². The number of hydrogen-bond donors (Lipinski definition) is 2. The fraction of sp³-hybridized carbons (Fsp3) is 0.917. The summed E-state index contributed by atoms with van der Waals surface area (Å²) in [6, 6.07) is 0. The molecule has 1 saturated heterocycles. The number of hydrogen-bond acceptors (Lipinski definition) is 3. The molecule has 0 bridgehead atoms. The zero-order valence-corrected chi connectivity index (χ0v) is 10.6. The summed E-state index contributed by atoms with van der Waals surface area (Å²) in [5.41, 5.74) is 5.08. The molecule has 94 valence electrons. The van der Waals surface area contributed by atoms with Crippen LogP contribution in [0, 0.1) is 11.3 Å². The van der Waals surface area contributed by atoms with Crippen LogP contribution in [0.3, 0.4) is 0 Å². The molecule has 1 unspecified atom stereocenters. The molecule has 0 aromatic rings. The number of primary amides is 1. The molecular formula is C12H24N2O2. The van der Waals surface area contributed by atoms with Gasteiger partial charge in [-0.25, -0.2) is 4.79 Å². The first kappa shape index (κ1) is 13.3. The molecule has 3 N–H and O–H groups in total. The Morgan fingerprint density at radius 3 is 2.44 bits per heavy atom. The first-order chi connectivity index (χ1) is 7.39. The molecule has 0 aromatic carbocycles. The molecule has 16 heavy (non-hydrogen) atoms. The normalized spacial score (nSPS) is 20.4. The largest absolute Gasteiger partial charge is 0.446 e. The smallest absolute Gasteiger partial charge is 0.404 e. The second-order valence-electron chi connectivity index (χ2n) is 5.72. The van der Waals surface area contributed by atoms with Crippen molar-refractivity contribution in [1.82, 2.24) is 5.32 Å². The van der Waals surface area contributed by atoms with Gasteiger partial charge in [-0.05, 0) is 43.7 Å². The minimum Gasteiger partial charge on any atom is -0.446 e. The highest BCUT2D eigenvalue weighted by Crippen LogP contribution is 2.30. The summed E-state index contributed by atoms with van der Waals surface area (Å²) in [6.07, 6.45) is 2.51. The second kappa shape index (κ2) is 5.53. The summed E-state index contributed by atoms with van der Waals surface area (Å²) in [5, 5.41) is 3.34. The van der Waals surface area contributed by atoms with Gasteiger partial charge < -0.3 is 15.8 Å². The lowest BCUT2D eigenvalue weighted by atomic mass is 9.81. The van der Waals surface area contributed by atoms with E-state index in [2.05, 4.69) is 26.1 Å². The number of nitrogens with one attached hydrogen (secondary N) is 1. The highest BCUT2D eigenvalue weighted by molar-refractivity contribution is 5.64. The number of carbonyl (C=O) groups excluding carboxylic acids is 1. The van der Waals surface area contributed by atoms with Crippen molar-refractivity contribution in [2.75, 3.05) is 13.1 Å². The van der Waals surface area contributed by atoms with Crippen molar-refractivity contribution in [2.45, 2.75) is 46.1 Å². The Bertz CT molecular complexity index is 230. The predicted molar refractivity (Wildman–Crippen MR) is 64.1 cm³/mol. The van der Waals surface area contributed by atoms with Gasteiger partial charge in [0, 0.05) is 0 Å². The Hall–Kier alpha value is -0.770. The fourth-order valence-corrected chi connectivity index (χ4v) is 2.14. The first-order valence-corrected chi connectivity index (χ1v) is 6.06. The van der Waals surface area contributed by atoms with E-state index in [9.17, 15) is 4.79 Å². The van der Waals surface area contributed by atoms with Gasteiger partial charge in [0.2, 0.25) is 0 Å². The summed E-state index contributed by atoms with van der Waals surface area (Å²) < 4.78 is 5.24. The molecule has 0 radical (unpaired) electrons. The standard InChI is InChI=1S/C12H24N2O2/c1-12(2,3)10(16-11(13)15)8-9-4-6-14-7-5-9/h9-10,14H,4-8H2,1-3H3,(H2,13,15). The minimum absolute atomic E-state index is 0.0418. The summed E-state index contributed by atoms with van der Waals surface area (Å²) >= 11 is 0. The van der Waals surface area contributed by atoms with Crippen LogP contribution < -0.4 is 11.1 Å². The predicted octanol–water partition coefficient (Wildman–Crippen LogP) is 1.89. The zero-order chi connectivity index (χ0) is 12.2. The molecule has 0 aliphatic carbocycles. The highest BCUT2D eigenvalue weighted by atomic mass is 16.6. The monoisotopic (exact) mass is 228 g/mol. The van der Waals surface area contributed by atoms with E-state index < -0.39 is 6.09 Å². The number of ether oxygens (including phenoxy) is 1. The van der Waals surface area contributed by atoms with Crippen molar-refractivity contribution in [1.29, 1.82) is 0 Å². The lowest BCUT2D eigenvalue weighted by Crippen LogP contribution is -2.37. The van der Waals surface area contributed by atoms with Crippen LogP contribution in [-0.2, 0) is 4.74 Å². The zero-order valence-electron chi connectivity index (χ0n) is 10.6. The molecule has 1 amide bonds. The Kier molecular flexibility index (Phi) is 4.59. The molecule has 4 heteroatoms. The maximum atomic E-state index is 10.9. The van der Waals surface area contributed by atoms with Gasteiger partial charge in [-0.2, -0.15) is 0 Å². The Labute approximate surface area is 97.9 Å². The summed E-state index contributed by atoms with van der Waals surface area (Å²) in [7, 11) is 0. The van der Waals surface area contributed by atoms with E-state index in [1.54, 1.807) is 0 Å². The quantitative estimate of drug-likeness (QED) is 0.775. The van der Waals surface area contributed by atoms with Crippen LogP contribution in [0.25, 0.3) is 0 Å². The van der Waals surface area contributed by atoms with Crippen LogP contribution in [0.1, 0.15) is 40.0 Å². The third-order valence-corrected chi connectivity index (χ3v) is 3.23. The maximum absolute atomic E-state index is 10.9. The number of carbonyl (C=O) groups is 1. The molecule has 1 rings (SSSR count). The molecule has 0 saturated carbocycles. The topological polar surface area (TPSA) is 64.3 Å². The third-order valence-electron chi connectivity index (χ3n) is 3.23. The average Bonchev–Trinajstić information content (AvgIpc) is 2.16. The summed E-state index contributed by atoms with van der Waals surface area (Å²) in [4.78, 5) is 10.9. The van der Waals surface area contributed by atoms with Gasteiger partial charge >= 0.3 is 6.09 Å². The third kappa shape index (κ3) is 4.39. The fourth-order valence-electron chi connectivity index (χ4n) is 2.14. The average molecular weight is 228 g/mol. The van der Waals surface area contributed by atoms with E-state index in [4.69, 9.17) is 10.5 Å². The van der Waals surface area contributed by atoms with E-state index in [0.29, 0.717) is 5.92 Å². The highest BCUT2D eigenvalue weighted by Gasteiger charge is 2.30. The van der Waals surface area contributed by atoms with Gasteiger partial charge in [0.1, 0.15) is 6.10 Å². The SMILES string of the molecule is CC(C)(C)C(CC1CCNCC1)OC(N)=O. The molecule has 1 heterocycles. The van der Waals surface area contributed by atoms with Gasteiger partial charge in [0.05, 0.1) is 0 Å².